The third-order valence-electron chi connectivity index (χ3n) is 3.91. The summed E-state index contributed by atoms with van der Waals surface area (Å²) >= 11 is 1.54. The summed E-state index contributed by atoms with van der Waals surface area (Å²) in [4.78, 5) is 5.48. The first-order valence-electron chi connectivity index (χ1n) is 9.61. The highest BCUT2D eigenvalue weighted by Crippen LogP contribution is 2.28. The van der Waals surface area contributed by atoms with Gasteiger partial charge in [-0.15, -0.1) is 11.3 Å². The van der Waals surface area contributed by atoms with Gasteiger partial charge in [-0.05, 0) is 55.7 Å². The summed E-state index contributed by atoms with van der Waals surface area (Å²) in [5, 5.41) is 6.68. The maximum absolute atomic E-state index is 5.83. The van der Waals surface area contributed by atoms with Crippen LogP contribution >= 0.6 is 11.3 Å². The first-order chi connectivity index (χ1) is 14.0. The van der Waals surface area contributed by atoms with Crippen molar-refractivity contribution in [1.82, 2.24) is 4.68 Å². The highest BCUT2D eigenvalue weighted by Gasteiger charge is 2.11. The molecule has 29 heavy (non-hydrogen) atoms. The number of methoxy groups -OCH3 is 1. The van der Waals surface area contributed by atoms with E-state index in [9.17, 15) is 0 Å². The fraction of sp³-hybridized carbons (Fsp3) is 0.364. The standard InChI is InChI=1S/C22H27N3O3S/c1-15(2)13-28-20-9-8-17(11-21(20)26-5)12-23-25-18(19-7-6-10-27-19)14-29-22(25)24-16(3)4/h6-12,14-16H,13H2,1-5H3. The Morgan fingerprint density at radius 1 is 1.17 bits per heavy atom. The van der Waals surface area contributed by atoms with Gasteiger partial charge in [0.05, 0.1) is 26.2 Å². The van der Waals surface area contributed by atoms with Crippen LogP contribution in [0.25, 0.3) is 11.5 Å². The van der Waals surface area contributed by atoms with Crippen molar-refractivity contribution in [2.45, 2.75) is 33.7 Å². The van der Waals surface area contributed by atoms with Crippen LogP contribution in [0.2, 0.25) is 0 Å². The lowest BCUT2D eigenvalue weighted by Gasteiger charge is -2.12. The molecule has 2 heterocycles. The quantitative estimate of drug-likeness (QED) is 0.486. The molecule has 0 bridgehead atoms. The zero-order valence-corrected chi connectivity index (χ0v) is 18.3. The molecule has 2 aromatic heterocycles. The maximum Gasteiger partial charge on any atom is 0.206 e. The van der Waals surface area contributed by atoms with Crippen molar-refractivity contribution in [3.63, 3.8) is 0 Å². The van der Waals surface area contributed by atoms with Crippen LogP contribution in [-0.4, -0.2) is 30.6 Å². The summed E-state index contributed by atoms with van der Waals surface area (Å²) in [6, 6.07) is 9.72. The summed E-state index contributed by atoms with van der Waals surface area (Å²) in [6.07, 6.45) is 3.44. The lowest BCUT2D eigenvalue weighted by atomic mass is 10.2. The van der Waals surface area contributed by atoms with Gasteiger partial charge in [-0.25, -0.2) is 4.68 Å². The molecule has 0 aliphatic carbocycles. The number of hydrogen-bond donors (Lipinski definition) is 0. The van der Waals surface area contributed by atoms with Crippen LogP contribution in [0.4, 0.5) is 0 Å². The molecule has 1 aromatic carbocycles. The molecule has 7 heteroatoms. The first-order valence-corrected chi connectivity index (χ1v) is 10.5. The second kappa shape index (κ2) is 9.60. The third kappa shape index (κ3) is 5.38. The van der Waals surface area contributed by atoms with Crippen LogP contribution in [-0.2, 0) is 0 Å². The number of nitrogens with zero attached hydrogens (tertiary/aromatic N) is 3. The Labute approximate surface area is 175 Å². The highest BCUT2D eigenvalue weighted by molar-refractivity contribution is 7.07. The van der Waals surface area contributed by atoms with E-state index in [4.69, 9.17) is 13.9 Å². The lowest BCUT2D eigenvalue weighted by Crippen LogP contribution is -2.14. The van der Waals surface area contributed by atoms with Crippen molar-refractivity contribution in [3.05, 3.63) is 52.3 Å². The molecule has 3 aromatic rings. The van der Waals surface area contributed by atoms with Crippen molar-refractivity contribution in [2.24, 2.45) is 16.0 Å². The average Bonchev–Trinajstić information content (AvgIpc) is 3.34. The van der Waals surface area contributed by atoms with E-state index >= 15 is 0 Å². The van der Waals surface area contributed by atoms with Crippen LogP contribution in [0.3, 0.4) is 0 Å². The Morgan fingerprint density at radius 2 is 2.00 bits per heavy atom. The Kier molecular flexibility index (Phi) is 6.93. The minimum atomic E-state index is 0.164. The Bertz CT molecular complexity index is 1010. The smallest absolute Gasteiger partial charge is 0.206 e. The fourth-order valence-corrected chi connectivity index (χ4v) is 3.53. The number of rotatable bonds is 8. The third-order valence-corrected chi connectivity index (χ3v) is 4.74. The molecule has 0 spiro atoms. The number of thiazole rings is 1. The minimum absolute atomic E-state index is 0.164. The molecule has 6 nitrogen and oxygen atoms in total. The molecule has 0 fully saturated rings. The van der Waals surface area contributed by atoms with Crippen molar-refractivity contribution in [1.29, 1.82) is 0 Å². The maximum atomic E-state index is 5.83. The van der Waals surface area contributed by atoms with Gasteiger partial charge in [-0.2, -0.15) is 5.10 Å². The van der Waals surface area contributed by atoms with Gasteiger partial charge >= 0.3 is 0 Å². The van der Waals surface area contributed by atoms with E-state index in [2.05, 4.69) is 23.9 Å². The molecule has 0 radical (unpaired) electrons. The molecule has 0 saturated heterocycles. The molecule has 0 saturated carbocycles. The molecule has 154 valence electrons. The highest BCUT2D eigenvalue weighted by atomic mass is 32.1. The Morgan fingerprint density at radius 3 is 2.66 bits per heavy atom. The van der Waals surface area contributed by atoms with Crippen LogP contribution in [0.15, 0.2) is 56.5 Å². The van der Waals surface area contributed by atoms with Crippen molar-refractivity contribution < 1.29 is 13.9 Å². The van der Waals surface area contributed by atoms with Crippen molar-refractivity contribution in [2.75, 3.05) is 13.7 Å². The molecular weight excluding hydrogens is 386 g/mol. The zero-order valence-electron chi connectivity index (χ0n) is 17.5. The molecule has 3 rings (SSSR count). The van der Waals surface area contributed by atoms with Crippen molar-refractivity contribution >= 4 is 17.6 Å². The largest absolute Gasteiger partial charge is 0.493 e. The molecule has 0 aliphatic rings. The van der Waals surface area contributed by atoms with Crippen molar-refractivity contribution in [3.8, 4) is 23.0 Å². The molecule has 0 unspecified atom stereocenters. The van der Waals surface area contributed by atoms with Crippen LogP contribution in [0.5, 0.6) is 11.5 Å². The van der Waals surface area contributed by atoms with E-state index in [1.54, 1.807) is 24.3 Å². The number of ether oxygens (including phenoxy) is 2. The van der Waals surface area contributed by atoms with E-state index in [1.165, 1.54) is 11.3 Å². The van der Waals surface area contributed by atoms with Gasteiger partial charge in [0.15, 0.2) is 17.3 Å². The number of aromatic nitrogens is 1. The predicted molar refractivity (Wildman–Crippen MR) is 117 cm³/mol. The van der Waals surface area contributed by atoms with Gasteiger partial charge in [-0.1, -0.05) is 13.8 Å². The number of furan rings is 1. The van der Waals surface area contributed by atoms with Gasteiger partial charge in [0.2, 0.25) is 4.80 Å². The monoisotopic (exact) mass is 413 g/mol. The number of hydrogen-bond acceptors (Lipinski definition) is 6. The van der Waals surface area contributed by atoms with Gasteiger partial charge in [0.1, 0.15) is 5.69 Å². The normalized spacial score (nSPS) is 12.4. The topological polar surface area (TPSA) is 61.2 Å². The second-order valence-corrected chi connectivity index (χ2v) is 8.11. The SMILES string of the molecule is COc1cc(C=Nn2c(-c3ccco3)csc2=NC(C)C)ccc1OCC(C)C. The predicted octanol–water partition coefficient (Wildman–Crippen LogP) is 5.04. The van der Waals surface area contributed by atoms with E-state index in [1.807, 2.05) is 49.6 Å². The summed E-state index contributed by atoms with van der Waals surface area (Å²) in [5.41, 5.74) is 1.76. The molecule has 0 atom stereocenters. The Hall–Kier alpha value is -2.80. The zero-order chi connectivity index (χ0) is 20.8. The molecule has 0 aliphatic heterocycles. The molecular formula is C22H27N3O3S. The number of benzene rings is 1. The summed E-state index contributed by atoms with van der Waals surface area (Å²) in [5.74, 6) is 2.61. The van der Waals surface area contributed by atoms with E-state index in [0.29, 0.717) is 18.3 Å². The summed E-state index contributed by atoms with van der Waals surface area (Å²) in [6.45, 7) is 8.95. The van der Waals surface area contributed by atoms with Crippen LogP contribution < -0.4 is 14.3 Å². The lowest BCUT2D eigenvalue weighted by molar-refractivity contribution is 0.257. The van der Waals surface area contributed by atoms with Gasteiger partial charge < -0.3 is 13.9 Å². The van der Waals surface area contributed by atoms with E-state index in [0.717, 1.165) is 27.6 Å². The molecule has 0 amide bonds. The average molecular weight is 414 g/mol. The fourth-order valence-electron chi connectivity index (χ4n) is 2.58. The summed E-state index contributed by atoms with van der Waals surface area (Å²) < 4.78 is 18.7. The van der Waals surface area contributed by atoms with Gasteiger partial charge in [-0.3, -0.25) is 4.99 Å². The minimum Gasteiger partial charge on any atom is -0.493 e. The van der Waals surface area contributed by atoms with E-state index in [-0.39, 0.29) is 6.04 Å². The second-order valence-electron chi connectivity index (χ2n) is 7.28. The van der Waals surface area contributed by atoms with Gasteiger partial charge in [0, 0.05) is 11.4 Å². The van der Waals surface area contributed by atoms with Crippen LogP contribution in [0, 0.1) is 5.92 Å². The molecule has 0 N–H and O–H groups in total. The summed E-state index contributed by atoms with van der Waals surface area (Å²) in [7, 11) is 1.64. The van der Waals surface area contributed by atoms with Crippen LogP contribution in [0.1, 0.15) is 33.3 Å². The first kappa shape index (κ1) is 20.9. The Balaban J connectivity index is 1.94. The van der Waals surface area contributed by atoms with Gasteiger partial charge in [0.25, 0.3) is 0 Å². The van der Waals surface area contributed by atoms with E-state index < -0.39 is 0 Å².